The van der Waals surface area contributed by atoms with Crippen molar-refractivity contribution in [2.45, 2.75) is 0 Å². The Morgan fingerprint density at radius 2 is 1.30 bits per heavy atom. The number of amides is 1. The molecular weight excluding hydrogens is 350 g/mol. The molecule has 27 heavy (non-hydrogen) atoms. The average molecular weight is 369 g/mol. The third kappa shape index (κ3) is 3.31. The van der Waals surface area contributed by atoms with Gasteiger partial charge in [0, 0.05) is 16.8 Å². The second kappa shape index (κ2) is 7.41. The van der Waals surface area contributed by atoms with Gasteiger partial charge in [-0.05, 0) is 35.9 Å². The summed E-state index contributed by atoms with van der Waals surface area (Å²) in [6.07, 6.45) is 1.75. The molecule has 2 aromatic rings. The Balaban J connectivity index is 2.15. The molecule has 140 valence electrons. The third-order valence-electron chi connectivity index (χ3n) is 4.23. The lowest BCUT2D eigenvalue weighted by atomic mass is 9.94. The van der Waals surface area contributed by atoms with Crippen LogP contribution in [-0.4, -0.2) is 40.1 Å². The van der Waals surface area contributed by atoms with E-state index in [1.807, 2.05) is 6.07 Å². The third-order valence-corrected chi connectivity index (χ3v) is 4.23. The SMILES string of the molecule is COc1ccc(/C=C2/NC(=O)C(=O)c3cc(OC)c(OC)cc32)cc1OC. The van der Waals surface area contributed by atoms with E-state index in [9.17, 15) is 9.59 Å². The first-order chi connectivity index (χ1) is 13.0. The first kappa shape index (κ1) is 18.3. The normalized spacial score (nSPS) is 14.4. The highest BCUT2D eigenvalue weighted by Gasteiger charge is 2.30. The Kier molecular flexibility index (Phi) is 5.03. The molecule has 0 aromatic heterocycles. The lowest BCUT2D eigenvalue weighted by Crippen LogP contribution is -2.35. The molecule has 0 saturated heterocycles. The number of hydrogen-bond acceptors (Lipinski definition) is 6. The van der Waals surface area contributed by atoms with Gasteiger partial charge < -0.3 is 24.3 Å². The van der Waals surface area contributed by atoms with E-state index in [0.29, 0.717) is 34.3 Å². The molecule has 0 radical (unpaired) electrons. The quantitative estimate of drug-likeness (QED) is 0.816. The average Bonchev–Trinajstić information content (AvgIpc) is 2.70. The molecule has 7 heteroatoms. The summed E-state index contributed by atoms with van der Waals surface area (Å²) in [4.78, 5) is 24.4. The Morgan fingerprint density at radius 3 is 1.89 bits per heavy atom. The minimum atomic E-state index is -0.707. The molecule has 7 nitrogen and oxygen atoms in total. The maximum atomic E-state index is 12.3. The predicted molar refractivity (Wildman–Crippen MR) is 99.4 cm³/mol. The first-order valence-corrected chi connectivity index (χ1v) is 8.08. The van der Waals surface area contributed by atoms with Crippen LogP contribution in [0.3, 0.4) is 0 Å². The van der Waals surface area contributed by atoms with Gasteiger partial charge in [0.05, 0.1) is 28.4 Å². The Labute approximate surface area is 156 Å². The van der Waals surface area contributed by atoms with E-state index in [0.717, 1.165) is 5.56 Å². The van der Waals surface area contributed by atoms with E-state index >= 15 is 0 Å². The molecule has 0 atom stereocenters. The molecule has 1 amide bonds. The minimum Gasteiger partial charge on any atom is -0.493 e. The molecule has 1 N–H and O–H groups in total. The van der Waals surface area contributed by atoms with Crippen molar-refractivity contribution in [2.24, 2.45) is 0 Å². The molecule has 2 aromatic carbocycles. The molecule has 0 bridgehead atoms. The summed E-state index contributed by atoms with van der Waals surface area (Å²) >= 11 is 0. The molecule has 0 spiro atoms. The van der Waals surface area contributed by atoms with Gasteiger partial charge in [0.1, 0.15) is 0 Å². The standard InChI is InChI=1S/C20H19NO6/c1-24-15-6-5-11(8-16(15)25-2)7-14-12-9-17(26-3)18(27-4)10-13(12)19(22)20(23)21-14/h5-10H,1-4H3,(H,21,23)/b14-7+. The number of methoxy groups -OCH3 is 4. The van der Waals surface area contributed by atoms with Crippen LogP contribution in [0.1, 0.15) is 21.5 Å². The van der Waals surface area contributed by atoms with Gasteiger partial charge in [-0.15, -0.1) is 0 Å². The van der Waals surface area contributed by atoms with Gasteiger partial charge >= 0.3 is 0 Å². The highest BCUT2D eigenvalue weighted by atomic mass is 16.5. The van der Waals surface area contributed by atoms with Crippen LogP contribution in [0.25, 0.3) is 11.8 Å². The molecule has 0 fully saturated rings. The van der Waals surface area contributed by atoms with Gasteiger partial charge in [-0.3, -0.25) is 9.59 Å². The van der Waals surface area contributed by atoms with E-state index in [4.69, 9.17) is 18.9 Å². The number of carbonyl (C=O) groups is 2. The fourth-order valence-electron chi connectivity index (χ4n) is 2.88. The highest BCUT2D eigenvalue weighted by Crippen LogP contribution is 2.36. The Hall–Kier alpha value is -3.48. The van der Waals surface area contributed by atoms with Crippen molar-refractivity contribution in [1.82, 2.24) is 5.32 Å². The van der Waals surface area contributed by atoms with Gasteiger partial charge in [-0.2, -0.15) is 0 Å². The van der Waals surface area contributed by atoms with E-state index in [-0.39, 0.29) is 5.56 Å². The second-order valence-corrected chi connectivity index (χ2v) is 5.71. The summed E-state index contributed by atoms with van der Waals surface area (Å²) in [6, 6.07) is 8.53. The number of benzene rings is 2. The lowest BCUT2D eigenvalue weighted by molar-refractivity contribution is -0.116. The van der Waals surface area contributed by atoms with E-state index < -0.39 is 11.7 Å². The van der Waals surface area contributed by atoms with Gasteiger partial charge in [0.15, 0.2) is 23.0 Å². The summed E-state index contributed by atoms with van der Waals surface area (Å²) < 4.78 is 21.1. The monoisotopic (exact) mass is 369 g/mol. The topological polar surface area (TPSA) is 83.1 Å². The van der Waals surface area contributed by atoms with Crippen LogP contribution in [0.5, 0.6) is 23.0 Å². The fourth-order valence-corrected chi connectivity index (χ4v) is 2.88. The van der Waals surface area contributed by atoms with Crippen molar-refractivity contribution in [3.63, 3.8) is 0 Å². The summed E-state index contributed by atoms with van der Waals surface area (Å²) in [5.41, 5.74) is 2.04. The molecule has 0 aliphatic carbocycles. The van der Waals surface area contributed by atoms with Crippen molar-refractivity contribution in [3.8, 4) is 23.0 Å². The van der Waals surface area contributed by atoms with Crippen LogP contribution in [-0.2, 0) is 4.79 Å². The maximum Gasteiger partial charge on any atom is 0.296 e. The summed E-state index contributed by atoms with van der Waals surface area (Å²) in [7, 11) is 6.07. The largest absolute Gasteiger partial charge is 0.493 e. The number of fused-ring (bicyclic) bond motifs is 1. The van der Waals surface area contributed by atoms with E-state index in [2.05, 4.69) is 5.32 Å². The van der Waals surface area contributed by atoms with E-state index in [1.165, 1.54) is 20.3 Å². The van der Waals surface area contributed by atoms with Crippen molar-refractivity contribution in [2.75, 3.05) is 28.4 Å². The summed E-state index contributed by atoms with van der Waals surface area (Å²) in [5, 5.41) is 2.63. The van der Waals surface area contributed by atoms with Crippen LogP contribution in [0, 0.1) is 0 Å². The zero-order valence-electron chi connectivity index (χ0n) is 15.4. The van der Waals surface area contributed by atoms with Crippen LogP contribution in [0.15, 0.2) is 30.3 Å². The maximum absolute atomic E-state index is 12.3. The molecule has 1 heterocycles. The van der Waals surface area contributed by atoms with E-state index in [1.54, 1.807) is 38.5 Å². The first-order valence-electron chi connectivity index (χ1n) is 8.08. The predicted octanol–water partition coefficient (Wildman–Crippen LogP) is 2.53. The van der Waals surface area contributed by atoms with Gasteiger partial charge in [-0.1, -0.05) is 6.07 Å². The number of rotatable bonds is 5. The molecule has 0 saturated carbocycles. The summed E-state index contributed by atoms with van der Waals surface area (Å²) in [5.74, 6) is 0.645. The zero-order chi connectivity index (χ0) is 19.6. The van der Waals surface area contributed by atoms with Crippen LogP contribution in [0.2, 0.25) is 0 Å². The number of ether oxygens (including phenoxy) is 4. The number of ketones is 1. The van der Waals surface area contributed by atoms with Crippen molar-refractivity contribution in [1.29, 1.82) is 0 Å². The van der Waals surface area contributed by atoms with Gasteiger partial charge in [-0.25, -0.2) is 0 Å². The van der Waals surface area contributed by atoms with Crippen LogP contribution < -0.4 is 24.3 Å². The molecule has 1 aliphatic rings. The molecule has 1 aliphatic heterocycles. The fraction of sp³-hybridized carbons (Fsp3) is 0.200. The van der Waals surface area contributed by atoms with Crippen LogP contribution >= 0.6 is 0 Å². The minimum absolute atomic E-state index is 0.253. The Bertz CT molecular complexity index is 948. The van der Waals surface area contributed by atoms with Crippen molar-refractivity contribution in [3.05, 3.63) is 47.0 Å². The lowest BCUT2D eigenvalue weighted by Gasteiger charge is -2.21. The van der Waals surface area contributed by atoms with Crippen molar-refractivity contribution < 1.29 is 28.5 Å². The van der Waals surface area contributed by atoms with Gasteiger partial charge in [0.25, 0.3) is 11.7 Å². The molecule has 0 unspecified atom stereocenters. The zero-order valence-corrected chi connectivity index (χ0v) is 15.4. The molecule has 3 rings (SSSR count). The van der Waals surface area contributed by atoms with Gasteiger partial charge in [0.2, 0.25) is 0 Å². The number of hydrogen-bond donors (Lipinski definition) is 1. The summed E-state index contributed by atoms with van der Waals surface area (Å²) in [6.45, 7) is 0. The highest BCUT2D eigenvalue weighted by molar-refractivity contribution is 6.46. The van der Waals surface area contributed by atoms with Crippen molar-refractivity contribution >= 4 is 23.5 Å². The second-order valence-electron chi connectivity index (χ2n) is 5.71. The molecular formula is C20H19NO6. The number of carbonyl (C=O) groups excluding carboxylic acids is 2. The Morgan fingerprint density at radius 1 is 0.741 bits per heavy atom. The number of Topliss-reactive ketones (excluding diaryl/α,β-unsaturated/α-hetero) is 1. The van der Waals surface area contributed by atoms with Crippen LogP contribution in [0.4, 0.5) is 0 Å². The smallest absolute Gasteiger partial charge is 0.296 e. The number of nitrogens with one attached hydrogen (secondary N) is 1.